The van der Waals surface area contributed by atoms with Crippen molar-refractivity contribution in [2.45, 2.75) is 6.23 Å². The van der Waals surface area contributed by atoms with Gasteiger partial charge < -0.3 is 14.5 Å². The first-order valence-electron chi connectivity index (χ1n) is 9.73. The minimum atomic E-state index is -1.08. The fraction of sp³-hybridized carbons (Fsp3) is 0.300. The van der Waals surface area contributed by atoms with Crippen molar-refractivity contribution in [3.05, 3.63) is 53.2 Å². The molecule has 1 saturated heterocycles. The molecule has 1 atom stereocenters. The number of pyridine rings is 2. The normalized spacial score (nSPS) is 19.0. The lowest BCUT2D eigenvalue weighted by molar-refractivity contribution is 0.0477. The molecule has 0 N–H and O–H groups in total. The summed E-state index contributed by atoms with van der Waals surface area (Å²) in [7, 11) is 2.00. The number of piperazine rings is 1. The molecular formula is C20H18ClN7O3. The first-order valence-corrected chi connectivity index (χ1v) is 10.1. The van der Waals surface area contributed by atoms with Crippen LogP contribution in [0.15, 0.2) is 36.7 Å². The fourth-order valence-electron chi connectivity index (χ4n) is 3.63. The summed E-state index contributed by atoms with van der Waals surface area (Å²) in [6, 6.07) is 6.89. The van der Waals surface area contributed by atoms with Crippen LogP contribution in [0, 0.1) is 0 Å². The molecule has 10 nitrogen and oxygen atoms in total. The van der Waals surface area contributed by atoms with Gasteiger partial charge in [0.25, 0.3) is 5.91 Å². The van der Waals surface area contributed by atoms with Crippen LogP contribution in [0.3, 0.4) is 0 Å². The monoisotopic (exact) mass is 439 g/mol. The average molecular weight is 440 g/mol. The third-order valence-corrected chi connectivity index (χ3v) is 5.55. The van der Waals surface area contributed by atoms with E-state index in [0.717, 1.165) is 18.5 Å². The van der Waals surface area contributed by atoms with Crippen molar-refractivity contribution in [3.8, 4) is 0 Å². The maximum absolute atomic E-state index is 13.1. The second kappa shape index (κ2) is 7.71. The van der Waals surface area contributed by atoms with E-state index in [1.165, 1.54) is 17.3 Å². The van der Waals surface area contributed by atoms with Crippen LogP contribution in [0.2, 0.25) is 5.15 Å². The first-order chi connectivity index (χ1) is 15.0. The molecule has 158 valence electrons. The molecule has 0 saturated carbocycles. The van der Waals surface area contributed by atoms with Gasteiger partial charge in [0.05, 0.1) is 0 Å². The molecular weight excluding hydrogens is 422 g/mol. The zero-order valence-corrected chi connectivity index (χ0v) is 17.4. The molecule has 31 heavy (non-hydrogen) atoms. The topological polar surface area (TPSA) is 105 Å². The zero-order valence-electron chi connectivity index (χ0n) is 16.6. The standard InChI is InChI=1S/C20H18ClN7O3/c1-26-8-10-27(11-9-26)20(30)31-19-16-15(22-6-7-23-16)18(29)28(19)14-5-3-12-2-4-13(21)24-17(12)25-14/h2-7,19H,8-11H2,1H3. The molecule has 1 fully saturated rings. The van der Waals surface area contributed by atoms with Gasteiger partial charge in [0, 0.05) is 44.0 Å². The van der Waals surface area contributed by atoms with Crippen molar-refractivity contribution < 1.29 is 14.3 Å². The fourth-order valence-corrected chi connectivity index (χ4v) is 3.77. The number of carbonyl (C=O) groups is 2. The van der Waals surface area contributed by atoms with Crippen LogP contribution in [0.1, 0.15) is 22.4 Å². The molecule has 2 amide bonds. The minimum absolute atomic E-state index is 0.125. The summed E-state index contributed by atoms with van der Waals surface area (Å²) in [5.41, 5.74) is 0.773. The summed E-state index contributed by atoms with van der Waals surface area (Å²) in [5.74, 6) is -0.184. The molecule has 0 radical (unpaired) electrons. The van der Waals surface area contributed by atoms with Crippen molar-refractivity contribution in [2.75, 3.05) is 38.1 Å². The molecule has 0 bridgehead atoms. The van der Waals surface area contributed by atoms with E-state index >= 15 is 0 Å². The van der Waals surface area contributed by atoms with Gasteiger partial charge in [-0.3, -0.25) is 9.78 Å². The Kier molecular flexibility index (Phi) is 4.87. The highest BCUT2D eigenvalue weighted by molar-refractivity contribution is 6.29. The Balaban J connectivity index is 1.51. The van der Waals surface area contributed by atoms with Gasteiger partial charge in [-0.05, 0) is 31.3 Å². The number of ether oxygens (including phenoxy) is 1. The maximum Gasteiger partial charge on any atom is 0.412 e. The van der Waals surface area contributed by atoms with Crippen LogP contribution >= 0.6 is 11.6 Å². The number of anilines is 1. The lowest BCUT2D eigenvalue weighted by Gasteiger charge is -2.33. The van der Waals surface area contributed by atoms with Crippen LogP contribution in [0.4, 0.5) is 10.6 Å². The lowest BCUT2D eigenvalue weighted by atomic mass is 10.3. The van der Waals surface area contributed by atoms with E-state index in [1.54, 1.807) is 29.2 Å². The molecule has 11 heteroatoms. The molecule has 0 aromatic carbocycles. The summed E-state index contributed by atoms with van der Waals surface area (Å²) in [4.78, 5) is 48.1. The van der Waals surface area contributed by atoms with Gasteiger partial charge in [0.15, 0.2) is 11.3 Å². The second-order valence-electron chi connectivity index (χ2n) is 7.34. The number of fused-ring (bicyclic) bond motifs is 2. The molecule has 0 spiro atoms. The van der Waals surface area contributed by atoms with Crippen LogP contribution in [0.5, 0.6) is 0 Å². The van der Waals surface area contributed by atoms with Gasteiger partial charge >= 0.3 is 6.09 Å². The van der Waals surface area contributed by atoms with E-state index in [2.05, 4.69) is 24.8 Å². The van der Waals surface area contributed by atoms with E-state index in [-0.39, 0.29) is 22.4 Å². The highest BCUT2D eigenvalue weighted by Gasteiger charge is 2.44. The molecule has 2 aliphatic rings. The summed E-state index contributed by atoms with van der Waals surface area (Å²) < 4.78 is 5.77. The number of halogens is 1. The van der Waals surface area contributed by atoms with E-state index in [4.69, 9.17) is 16.3 Å². The third kappa shape index (κ3) is 3.53. The number of rotatable bonds is 2. The van der Waals surface area contributed by atoms with Gasteiger partial charge in [-0.15, -0.1) is 0 Å². The number of nitrogens with zero attached hydrogens (tertiary/aromatic N) is 7. The Morgan fingerprint density at radius 1 is 1.06 bits per heavy atom. The number of amides is 2. The lowest BCUT2D eigenvalue weighted by Crippen LogP contribution is -2.48. The van der Waals surface area contributed by atoms with Crippen LogP contribution in [-0.2, 0) is 4.74 Å². The Morgan fingerprint density at radius 2 is 1.81 bits per heavy atom. The zero-order chi connectivity index (χ0) is 21.5. The van der Waals surface area contributed by atoms with Gasteiger partial charge in [0.1, 0.15) is 16.7 Å². The highest BCUT2D eigenvalue weighted by atomic mass is 35.5. The molecule has 0 aliphatic carbocycles. The predicted molar refractivity (Wildman–Crippen MR) is 112 cm³/mol. The predicted octanol–water partition coefficient (Wildman–Crippen LogP) is 2.12. The van der Waals surface area contributed by atoms with Crippen molar-refractivity contribution in [3.63, 3.8) is 0 Å². The van der Waals surface area contributed by atoms with Crippen molar-refractivity contribution in [1.82, 2.24) is 29.7 Å². The molecule has 1 unspecified atom stereocenters. The Hall–Kier alpha value is -3.37. The van der Waals surface area contributed by atoms with Crippen molar-refractivity contribution in [2.24, 2.45) is 0 Å². The number of carbonyl (C=O) groups excluding carboxylic acids is 2. The smallest absolute Gasteiger partial charge is 0.412 e. The largest absolute Gasteiger partial charge is 0.419 e. The van der Waals surface area contributed by atoms with Crippen LogP contribution in [0.25, 0.3) is 11.0 Å². The number of hydrogen-bond donors (Lipinski definition) is 0. The minimum Gasteiger partial charge on any atom is -0.419 e. The van der Waals surface area contributed by atoms with Crippen molar-refractivity contribution >= 4 is 40.5 Å². The molecule has 5 rings (SSSR count). The maximum atomic E-state index is 13.1. The van der Waals surface area contributed by atoms with Gasteiger partial charge in [-0.2, -0.15) is 0 Å². The molecule has 3 aromatic rings. The Labute approximate surface area is 182 Å². The van der Waals surface area contributed by atoms with E-state index in [1.807, 2.05) is 7.05 Å². The van der Waals surface area contributed by atoms with Gasteiger partial charge in [0.2, 0.25) is 6.23 Å². The number of hydrogen-bond acceptors (Lipinski definition) is 8. The first kappa shape index (κ1) is 19.6. The van der Waals surface area contributed by atoms with Crippen molar-refractivity contribution in [1.29, 1.82) is 0 Å². The van der Waals surface area contributed by atoms with E-state index in [0.29, 0.717) is 18.7 Å². The third-order valence-electron chi connectivity index (χ3n) is 5.34. The average Bonchev–Trinajstić information content (AvgIpc) is 3.05. The SMILES string of the molecule is CN1CCN(C(=O)OC2c3nccnc3C(=O)N2c2ccc3ccc(Cl)nc3n2)CC1. The van der Waals surface area contributed by atoms with Crippen LogP contribution < -0.4 is 4.90 Å². The second-order valence-corrected chi connectivity index (χ2v) is 7.73. The summed E-state index contributed by atoms with van der Waals surface area (Å²) in [6.45, 7) is 2.58. The number of likely N-dealkylation sites (N-methyl/N-ethyl adjacent to an activating group) is 1. The molecule has 2 aliphatic heterocycles. The molecule has 5 heterocycles. The van der Waals surface area contributed by atoms with Gasteiger partial charge in [-0.1, -0.05) is 11.6 Å². The van der Waals surface area contributed by atoms with E-state index in [9.17, 15) is 9.59 Å². The number of aromatic nitrogens is 4. The Morgan fingerprint density at radius 3 is 2.61 bits per heavy atom. The Bertz CT molecular complexity index is 1180. The molecule has 3 aromatic heterocycles. The quantitative estimate of drug-likeness (QED) is 0.559. The highest BCUT2D eigenvalue weighted by Crippen LogP contribution is 2.36. The van der Waals surface area contributed by atoms with Gasteiger partial charge in [-0.25, -0.2) is 24.6 Å². The summed E-state index contributed by atoms with van der Waals surface area (Å²) in [6.07, 6.45) is 1.29. The summed E-state index contributed by atoms with van der Waals surface area (Å²) in [5, 5.41) is 1.05. The summed E-state index contributed by atoms with van der Waals surface area (Å²) >= 11 is 6.00. The van der Waals surface area contributed by atoms with Crippen LogP contribution in [-0.4, -0.2) is 75.0 Å². The van der Waals surface area contributed by atoms with E-state index < -0.39 is 18.2 Å².